The molecule has 3 N–H and O–H groups in total. The molecule has 34 heavy (non-hydrogen) atoms. The summed E-state index contributed by atoms with van der Waals surface area (Å²) in [6, 6.07) is 14.7. The molecule has 2 heterocycles. The van der Waals surface area contributed by atoms with Gasteiger partial charge in [-0.25, -0.2) is 4.98 Å². The molecule has 0 unspecified atom stereocenters. The first-order chi connectivity index (χ1) is 16.5. The van der Waals surface area contributed by atoms with E-state index in [1.807, 2.05) is 63.2 Å². The maximum absolute atomic E-state index is 12.7. The normalized spacial score (nSPS) is 10.9. The summed E-state index contributed by atoms with van der Waals surface area (Å²) in [5.74, 6) is 1.25. The number of benzene rings is 2. The summed E-state index contributed by atoms with van der Waals surface area (Å²) in [5.41, 5.74) is 2.79. The quantitative estimate of drug-likeness (QED) is 0.247. The number of anilines is 1. The lowest BCUT2D eigenvalue weighted by molar-refractivity contribution is -0.113. The molecule has 176 valence electrons. The number of rotatable bonds is 9. The molecule has 0 radical (unpaired) electrons. The summed E-state index contributed by atoms with van der Waals surface area (Å²) in [4.78, 5) is 17.4. The summed E-state index contributed by atoms with van der Waals surface area (Å²) in [7, 11) is 0. The number of hydrogen-bond donors (Lipinski definition) is 3. The minimum Gasteiger partial charge on any atom is -0.494 e. The predicted octanol–water partition coefficient (Wildman–Crippen LogP) is 4.06. The molecule has 0 atom stereocenters. The van der Waals surface area contributed by atoms with Crippen molar-refractivity contribution in [1.29, 1.82) is 5.41 Å². The van der Waals surface area contributed by atoms with Crippen molar-refractivity contribution in [2.75, 3.05) is 24.3 Å². The van der Waals surface area contributed by atoms with Gasteiger partial charge in [0.05, 0.1) is 30.0 Å². The standard InChI is InChI=1S/C24H26N6O3S/c1-4-32-17-12-10-16(11-13-17)30-22(25)21-15(3)28-29-23(21)27-24(30)34-14-20(31)26-18-8-6-7-9-19(18)33-5-2/h6-13,25H,4-5,14H2,1-3H3,(H,26,31)(H,28,29). The summed E-state index contributed by atoms with van der Waals surface area (Å²) >= 11 is 1.24. The van der Waals surface area contributed by atoms with Gasteiger partial charge in [-0.05, 0) is 57.2 Å². The molecule has 9 nitrogen and oxygen atoms in total. The number of carbonyl (C=O) groups is 1. The van der Waals surface area contributed by atoms with Crippen molar-refractivity contribution in [3.05, 3.63) is 59.7 Å². The molecule has 0 aliphatic rings. The van der Waals surface area contributed by atoms with Gasteiger partial charge in [0, 0.05) is 11.4 Å². The van der Waals surface area contributed by atoms with Gasteiger partial charge >= 0.3 is 0 Å². The van der Waals surface area contributed by atoms with E-state index in [0.29, 0.717) is 40.8 Å². The Morgan fingerprint density at radius 1 is 1.12 bits per heavy atom. The van der Waals surface area contributed by atoms with E-state index in [0.717, 1.165) is 17.1 Å². The number of aromatic amines is 1. The van der Waals surface area contributed by atoms with Crippen LogP contribution in [0.25, 0.3) is 16.7 Å². The van der Waals surface area contributed by atoms with E-state index < -0.39 is 0 Å². The van der Waals surface area contributed by atoms with E-state index in [1.165, 1.54) is 11.8 Å². The lowest BCUT2D eigenvalue weighted by atomic mass is 10.2. The number of fused-ring (bicyclic) bond motifs is 1. The number of nitrogens with zero attached hydrogens (tertiary/aromatic N) is 3. The van der Waals surface area contributed by atoms with Crippen molar-refractivity contribution >= 4 is 34.4 Å². The van der Waals surface area contributed by atoms with Crippen LogP contribution in [0.1, 0.15) is 19.5 Å². The minimum absolute atomic E-state index is 0.0961. The zero-order valence-electron chi connectivity index (χ0n) is 19.2. The van der Waals surface area contributed by atoms with Gasteiger partial charge in [0.25, 0.3) is 0 Å². The third kappa shape index (κ3) is 4.91. The molecule has 0 saturated heterocycles. The number of aromatic nitrogens is 4. The van der Waals surface area contributed by atoms with Crippen LogP contribution in [-0.2, 0) is 4.79 Å². The maximum atomic E-state index is 12.7. The second kappa shape index (κ2) is 10.4. The first-order valence-corrected chi connectivity index (χ1v) is 11.9. The van der Waals surface area contributed by atoms with E-state index in [4.69, 9.17) is 14.9 Å². The number of ether oxygens (including phenoxy) is 2. The van der Waals surface area contributed by atoms with Gasteiger partial charge in [-0.2, -0.15) is 5.10 Å². The molecule has 1 amide bonds. The molecule has 0 fully saturated rings. The Morgan fingerprint density at radius 2 is 1.85 bits per heavy atom. The highest BCUT2D eigenvalue weighted by Gasteiger charge is 2.17. The molecule has 2 aromatic carbocycles. The third-order valence-corrected chi connectivity index (χ3v) is 5.92. The average Bonchev–Trinajstić information content (AvgIpc) is 3.21. The Balaban J connectivity index is 1.63. The van der Waals surface area contributed by atoms with Crippen LogP contribution in [0.3, 0.4) is 0 Å². The molecule has 0 aliphatic carbocycles. The van der Waals surface area contributed by atoms with Gasteiger partial charge in [0.15, 0.2) is 10.8 Å². The van der Waals surface area contributed by atoms with Crippen LogP contribution in [0.4, 0.5) is 5.69 Å². The van der Waals surface area contributed by atoms with Crippen molar-refractivity contribution < 1.29 is 14.3 Å². The minimum atomic E-state index is -0.206. The molecule has 0 spiro atoms. The first-order valence-electron chi connectivity index (χ1n) is 10.9. The highest BCUT2D eigenvalue weighted by atomic mass is 32.2. The molecule has 0 saturated carbocycles. The largest absolute Gasteiger partial charge is 0.494 e. The first kappa shape index (κ1) is 23.4. The highest BCUT2D eigenvalue weighted by molar-refractivity contribution is 7.99. The van der Waals surface area contributed by atoms with E-state index in [1.54, 1.807) is 10.6 Å². The van der Waals surface area contributed by atoms with Crippen molar-refractivity contribution in [2.24, 2.45) is 0 Å². The number of amides is 1. The van der Waals surface area contributed by atoms with Crippen molar-refractivity contribution in [3.8, 4) is 17.2 Å². The van der Waals surface area contributed by atoms with E-state index >= 15 is 0 Å². The van der Waals surface area contributed by atoms with E-state index in [2.05, 4.69) is 20.5 Å². The topological polar surface area (TPSA) is 118 Å². The molecule has 2 aromatic heterocycles. The van der Waals surface area contributed by atoms with Crippen LogP contribution < -0.4 is 20.3 Å². The number of thioether (sulfide) groups is 1. The van der Waals surface area contributed by atoms with Crippen LogP contribution >= 0.6 is 11.8 Å². The van der Waals surface area contributed by atoms with Crippen molar-refractivity contribution in [3.63, 3.8) is 0 Å². The monoisotopic (exact) mass is 478 g/mol. The second-order valence-electron chi connectivity index (χ2n) is 7.32. The Morgan fingerprint density at radius 3 is 2.59 bits per heavy atom. The molecule has 4 aromatic rings. The molecule has 10 heteroatoms. The zero-order valence-corrected chi connectivity index (χ0v) is 20.0. The van der Waals surface area contributed by atoms with E-state index in [9.17, 15) is 4.79 Å². The maximum Gasteiger partial charge on any atom is 0.234 e. The average molecular weight is 479 g/mol. The van der Waals surface area contributed by atoms with Crippen LogP contribution in [0.5, 0.6) is 11.5 Å². The van der Waals surface area contributed by atoms with Gasteiger partial charge in [0.1, 0.15) is 17.0 Å². The zero-order chi connectivity index (χ0) is 24.1. The fourth-order valence-corrected chi connectivity index (χ4v) is 4.30. The molecule has 4 rings (SSSR count). The van der Waals surface area contributed by atoms with Crippen molar-refractivity contribution in [1.82, 2.24) is 19.7 Å². The van der Waals surface area contributed by atoms with Gasteiger partial charge in [-0.3, -0.25) is 19.9 Å². The SMILES string of the molecule is CCOc1ccc(-n2c(SCC(=O)Nc3ccccc3OCC)nc3n[nH]c(C)c3c2=N)cc1. The molecule has 0 aliphatic heterocycles. The Bertz CT molecular complexity index is 1360. The summed E-state index contributed by atoms with van der Waals surface area (Å²) < 4.78 is 12.8. The molecule has 0 bridgehead atoms. The lowest BCUT2D eigenvalue weighted by Gasteiger charge is -2.14. The van der Waals surface area contributed by atoms with Gasteiger partial charge in [0.2, 0.25) is 5.91 Å². The highest BCUT2D eigenvalue weighted by Crippen LogP contribution is 2.26. The number of aryl methyl sites for hydroxylation is 1. The van der Waals surface area contributed by atoms with Gasteiger partial charge < -0.3 is 14.8 Å². The third-order valence-electron chi connectivity index (χ3n) is 4.98. The second-order valence-corrected chi connectivity index (χ2v) is 8.26. The van der Waals surface area contributed by atoms with Gasteiger partial charge in [-0.1, -0.05) is 23.9 Å². The number of hydrogen-bond acceptors (Lipinski definition) is 7. The molecular weight excluding hydrogens is 452 g/mol. The Kier molecular flexibility index (Phi) is 7.17. The van der Waals surface area contributed by atoms with Crippen LogP contribution in [0.15, 0.2) is 53.7 Å². The van der Waals surface area contributed by atoms with Crippen LogP contribution in [0, 0.1) is 12.3 Å². The summed E-state index contributed by atoms with van der Waals surface area (Å²) in [5, 5.41) is 20.0. The summed E-state index contributed by atoms with van der Waals surface area (Å²) in [6.45, 7) is 6.75. The predicted molar refractivity (Wildman–Crippen MR) is 132 cm³/mol. The summed E-state index contributed by atoms with van der Waals surface area (Å²) in [6.07, 6.45) is 0. The fraction of sp³-hybridized carbons (Fsp3) is 0.250. The number of para-hydroxylation sites is 2. The Hall–Kier alpha value is -3.79. The lowest BCUT2D eigenvalue weighted by Crippen LogP contribution is -2.23. The number of nitrogens with one attached hydrogen (secondary N) is 3. The smallest absolute Gasteiger partial charge is 0.234 e. The number of H-pyrrole nitrogens is 1. The Labute approximate surface area is 201 Å². The molecular formula is C24H26N6O3S. The number of carbonyl (C=O) groups excluding carboxylic acids is 1. The fourth-order valence-electron chi connectivity index (χ4n) is 3.49. The van der Waals surface area contributed by atoms with E-state index in [-0.39, 0.29) is 17.1 Å². The van der Waals surface area contributed by atoms with Crippen molar-refractivity contribution in [2.45, 2.75) is 25.9 Å². The van der Waals surface area contributed by atoms with Crippen LogP contribution in [-0.4, -0.2) is 44.6 Å². The van der Waals surface area contributed by atoms with Gasteiger partial charge in [-0.15, -0.1) is 0 Å². The van der Waals surface area contributed by atoms with Crippen LogP contribution in [0.2, 0.25) is 0 Å².